The summed E-state index contributed by atoms with van der Waals surface area (Å²) in [6.45, 7) is 8.41. The van der Waals surface area contributed by atoms with Crippen LogP contribution in [0.5, 0.6) is 5.75 Å². The molecule has 0 radical (unpaired) electrons. The van der Waals surface area contributed by atoms with Gasteiger partial charge in [-0.3, -0.25) is 9.59 Å². The summed E-state index contributed by atoms with van der Waals surface area (Å²) >= 11 is 0. The van der Waals surface area contributed by atoms with Crippen LogP contribution in [0.25, 0.3) is 0 Å². The average molecular weight is 486 g/mol. The second-order valence-electron chi connectivity index (χ2n) is 10.5. The van der Waals surface area contributed by atoms with E-state index in [9.17, 15) is 14.7 Å². The molecule has 0 spiro atoms. The number of rotatable bonds is 8. The molecule has 0 saturated carbocycles. The Balaban J connectivity index is 1.48. The van der Waals surface area contributed by atoms with Gasteiger partial charge in [-0.15, -0.1) is 0 Å². The highest BCUT2D eigenvalue weighted by Crippen LogP contribution is 2.36. The number of aliphatic carboxylic acids is 1. The Morgan fingerprint density at radius 2 is 1.67 bits per heavy atom. The van der Waals surface area contributed by atoms with Gasteiger partial charge in [0.25, 0.3) is 5.91 Å². The van der Waals surface area contributed by atoms with Crippen LogP contribution in [-0.4, -0.2) is 34.0 Å². The van der Waals surface area contributed by atoms with E-state index in [1.54, 1.807) is 6.07 Å². The first-order valence-corrected chi connectivity index (χ1v) is 12.6. The summed E-state index contributed by atoms with van der Waals surface area (Å²) < 4.78 is 6.45. The SMILES string of the molecule is Cc1ccc(CN(CC(=O)O)C(=O)c2ccc3c(c2)CC[C@@](C)(Cc2ccc(C(C)C)cc2)O3)cc1. The van der Waals surface area contributed by atoms with Crippen molar-refractivity contribution in [2.24, 2.45) is 0 Å². The van der Waals surface area contributed by atoms with Crippen molar-refractivity contribution in [1.29, 1.82) is 0 Å². The highest BCUT2D eigenvalue weighted by molar-refractivity contribution is 5.96. The largest absolute Gasteiger partial charge is 0.487 e. The minimum absolute atomic E-state index is 0.243. The number of aryl methyl sites for hydroxylation is 2. The molecule has 0 unspecified atom stereocenters. The fraction of sp³-hybridized carbons (Fsp3) is 0.355. The van der Waals surface area contributed by atoms with Gasteiger partial charge in [-0.1, -0.05) is 67.9 Å². The predicted molar refractivity (Wildman–Crippen MR) is 142 cm³/mol. The third kappa shape index (κ3) is 6.14. The van der Waals surface area contributed by atoms with Crippen LogP contribution in [0.2, 0.25) is 0 Å². The number of carbonyl (C=O) groups excluding carboxylic acids is 1. The molecule has 0 aromatic heterocycles. The van der Waals surface area contributed by atoms with Crippen LogP contribution in [0, 0.1) is 6.92 Å². The molecule has 1 N–H and O–H groups in total. The van der Waals surface area contributed by atoms with Gasteiger partial charge in [0.15, 0.2) is 0 Å². The van der Waals surface area contributed by atoms with Crippen LogP contribution in [0.4, 0.5) is 0 Å². The second-order valence-corrected chi connectivity index (χ2v) is 10.5. The second kappa shape index (κ2) is 10.6. The minimum atomic E-state index is -1.03. The molecule has 36 heavy (non-hydrogen) atoms. The maximum Gasteiger partial charge on any atom is 0.323 e. The number of carboxylic acids is 1. The van der Waals surface area contributed by atoms with Crippen LogP contribution >= 0.6 is 0 Å². The van der Waals surface area contributed by atoms with Gasteiger partial charge in [0.1, 0.15) is 17.9 Å². The third-order valence-electron chi connectivity index (χ3n) is 6.92. The average Bonchev–Trinajstić information content (AvgIpc) is 2.84. The van der Waals surface area contributed by atoms with Crippen molar-refractivity contribution in [3.63, 3.8) is 0 Å². The maximum atomic E-state index is 13.3. The Morgan fingerprint density at radius 1 is 1.00 bits per heavy atom. The first-order chi connectivity index (χ1) is 17.1. The van der Waals surface area contributed by atoms with Gasteiger partial charge in [0.2, 0.25) is 0 Å². The fourth-order valence-electron chi connectivity index (χ4n) is 4.76. The van der Waals surface area contributed by atoms with Crippen molar-refractivity contribution < 1.29 is 19.4 Å². The molecular formula is C31H35NO4. The number of hydrogen-bond donors (Lipinski definition) is 1. The van der Waals surface area contributed by atoms with E-state index >= 15 is 0 Å². The predicted octanol–water partition coefficient (Wildman–Crippen LogP) is 6.17. The van der Waals surface area contributed by atoms with E-state index in [0.717, 1.165) is 41.7 Å². The van der Waals surface area contributed by atoms with E-state index in [2.05, 4.69) is 45.0 Å². The molecule has 3 aromatic carbocycles. The monoisotopic (exact) mass is 485 g/mol. The molecular weight excluding hydrogens is 450 g/mol. The number of carboxylic acid groups (broad SMARTS) is 1. The van der Waals surface area contributed by atoms with Gasteiger partial charge in [0.05, 0.1) is 0 Å². The Hall–Kier alpha value is -3.60. The van der Waals surface area contributed by atoms with Crippen LogP contribution in [-0.2, 0) is 24.2 Å². The zero-order chi connectivity index (χ0) is 25.9. The number of nitrogens with zero attached hydrogens (tertiary/aromatic N) is 1. The Kier molecular flexibility index (Phi) is 7.48. The molecule has 0 aliphatic carbocycles. The molecule has 0 saturated heterocycles. The van der Waals surface area contributed by atoms with Gasteiger partial charge >= 0.3 is 5.97 Å². The zero-order valence-corrected chi connectivity index (χ0v) is 21.6. The van der Waals surface area contributed by atoms with Crippen LogP contribution < -0.4 is 4.74 Å². The number of amides is 1. The van der Waals surface area contributed by atoms with Gasteiger partial charge in [-0.05, 0) is 73.1 Å². The van der Waals surface area contributed by atoms with E-state index in [0.29, 0.717) is 11.5 Å². The Labute approximate surface area is 213 Å². The van der Waals surface area contributed by atoms with E-state index in [-0.39, 0.29) is 24.6 Å². The van der Waals surface area contributed by atoms with Gasteiger partial charge in [-0.2, -0.15) is 0 Å². The lowest BCUT2D eigenvalue weighted by atomic mass is 9.86. The standard InChI is InChI=1S/C31H35NO4/c1-21(2)25-11-9-23(10-12-25)18-31(4)16-15-26-17-27(13-14-28(26)36-31)30(35)32(20-29(33)34)19-24-7-5-22(3)6-8-24/h5-14,17,21H,15-16,18-20H2,1-4H3,(H,33,34)/t31-/m0/s1. The number of fused-ring (bicyclic) bond motifs is 1. The molecule has 1 heterocycles. The quantitative estimate of drug-likeness (QED) is 0.414. The molecule has 5 nitrogen and oxygen atoms in total. The molecule has 188 valence electrons. The molecule has 0 fully saturated rings. The van der Waals surface area contributed by atoms with Gasteiger partial charge in [-0.25, -0.2) is 0 Å². The van der Waals surface area contributed by atoms with Crippen molar-refractivity contribution in [3.05, 3.63) is 100 Å². The Morgan fingerprint density at radius 3 is 2.31 bits per heavy atom. The maximum absolute atomic E-state index is 13.3. The lowest BCUT2D eigenvalue weighted by molar-refractivity contribution is -0.137. The first kappa shape index (κ1) is 25.5. The van der Waals surface area contributed by atoms with Crippen molar-refractivity contribution in [2.75, 3.05) is 6.54 Å². The fourth-order valence-corrected chi connectivity index (χ4v) is 4.76. The first-order valence-electron chi connectivity index (χ1n) is 12.6. The molecule has 0 bridgehead atoms. The normalized spacial score (nSPS) is 16.8. The van der Waals surface area contributed by atoms with Crippen molar-refractivity contribution in [1.82, 2.24) is 4.90 Å². The van der Waals surface area contributed by atoms with E-state index in [1.807, 2.05) is 43.3 Å². The van der Waals surface area contributed by atoms with Gasteiger partial charge < -0.3 is 14.7 Å². The lowest BCUT2D eigenvalue weighted by Gasteiger charge is -2.36. The summed E-state index contributed by atoms with van der Waals surface area (Å²) in [6.07, 6.45) is 2.45. The van der Waals surface area contributed by atoms with E-state index < -0.39 is 5.97 Å². The topological polar surface area (TPSA) is 66.8 Å². The molecule has 1 amide bonds. The summed E-state index contributed by atoms with van der Waals surface area (Å²) in [5.74, 6) is -0.0246. The van der Waals surface area contributed by atoms with Gasteiger partial charge in [0, 0.05) is 18.5 Å². The number of ether oxygens (including phenoxy) is 1. The van der Waals surface area contributed by atoms with Crippen molar-refractivity contribution in [2.45, 2.75) is 65.0 Å². The molecule has 1 atom stereocenters. The summed E-state index contributed by atoms with van der Waals surface area (Å²) in [7, 11) is 0. The molecule has 1 aliphatic rings. The summed E-state index contributed by atoms with van der Waals surface area (Å²) in [5.41, 5.74) is 5.74. The minimum Gasteiger partial charge on any atom is -0.487 e. The molecule has 1 aliphatic heterocycles. The molecule has 4 rings (SSSR count). The number of hydrogen-bond acceptors (Lipinski definition) is 3. The highest BCUT2D eigenvalue weighted by Gasteiger charge is 2.32. The lowest BCUT2D eigenvalue weighted by Crippen LogP contribution is -2.39. The van der Waals surface area contributed by atoms with Crippen molar-refractivity contribution in [3.8, 4) is 5.75 Å². The highest BCUT2D eigenvalue weighted by atomic mass is 16.5. The van der Waals surface area contributed by atoms with E-state index in [4.69, 9.17) is 4.74 Å². The summed E-state index contributed by atoms with van der Waals surface area (Å²) in [6, 6.07) is 22.0. The summed E-state index contributed by atoms with van der Waals surface area (Å²) in [5, 5.41) is 9.40. The Bertz CT molecular complexity index is 1230. The third-order valence-corrected chi connectivity index (χ3v) is 6.92. The summed E-state index contributed by atoms with van der Waals surface area (Å²) in [4.78, 5) is 26.2. The zero-order valence-electron chi connectivity index (χ0n) is 21.6. The van der Waals surface area contributed by atoms with Crippen molar-refractivity contribution >= 4 is 11.9 Å². The van der Waals surface area contributed by atoms with Crippen LogP contribution in [0.1, 0.15) is 71.3 Å². The number of benzene rings is 3. The van der Waals surface area contributed by atoms with E-state index in [1.165, 1.54) is 16.0 Å². The molecule has 5 heteroatoms. The number of carbonyl (C=O) groups is 2. The smallest absolute Gasteiger partial charge is 0.323 e. The van der Waals surface area contributed by atoms with Crippen LogP contribution in [0.15, 0.2) is 66.7 Å². The molecule has 3 aromatic rings. The van der Waals surface area contributed by atoms with Crippen LogP contribution in [0.3, 0.4) is 0 Å².